The van der Waals surface area contributed by atoms with Crippen LogP contribution in [0.3, 0.4) is 0 Å². The fraction of sp³-hybridized carbons (Fsp3) is 0.407. The lowest BCUT2D eigenvalue weighted by molar-refractivity contribution is -0.163. The first-order chi connectivity index (χ1) is 18.7. The van der Waals surface area contributed by atoms with Gasteiger partial charge in [-0.25, -0.2) is 0 Å². The summed E-state index contributed by atoms with van der Waals surface area (Å²) in [7, 11) is -2.08. The largest absolute Gasteiger partial charge is 0.418 e. The number of nitrogens with one attached hydrogen (secondary N) is 1. The summed E-state index contributed by atoms with van der Waals surface area (Å²) in [6.45, 7) is 1.02. The Labute approximate surface area is 233 Å². The standard InChI is InChI=1S/C27H28F6N2O3S2/c1-40(37)15-9-19(10-16-40)34-20-3-2-4-21(17-20)39-22-7-5-18(6-8-23(36)35-11-13-38-14-12-35)24(26(28,29)30)25(22)27(31,32)33/h2-8,17,19,34H,1,9-16H2/b8-6+. The van der Waals surface area contributed by atoms with E-state index in [1.807, 2.05) is 0 Å². The molecule has 5 nitrogen and oxygen atoms in total. The predicted molar refractivity (Wildman–Crippen MR) is 145 cm³/mol. The van der Waals surface area contributed by atoms with Gasteiger partial charge in [-0.3, -0.25) is 9.00 Å². The fourth-order valence-corrected chi connectivity index (χ4v) is 7.25. The minimum absolute atomic E-state index is 0.00499. The summed E-state index contributed by atoms with van der Waals surface area (Å²) >= 11 is 0.574. The highest BCUT2D eigenvalue weighted by Crippen LogP contribution is 2.48. The number of hydrogen-bond donors (Lipinski definition) is 1. The SMILES string of the molecule is C=S1(=O)CCC(Nc2cccc(Sc3ccc(/C=C/C(=O)N4CCOCC4)c(C(F)(F)F)c3C(F)(F)F)c2)CC1. The topological polar surface area (TPSA) is 58.6 Å². The second kappa shape index (κ2) is 12.1. The molecular formula is C27H28F6N2O3S2. The molecule has 0 atom stereocenters. The average molecular weight is 607 g/mol. The van der Waals surface area contributed by atoms with E-state index in [1.165, 1.54) is 11.0 Å². The molecule has 13 heteroatoms. The second-order valence-corrected chi connectivity index (χ2v) is 13.5. The van der Waals surface area contributed by atoms with Crippen molar-refractivity contribution in [3.8, 4) is 0 Å². The van der Waals surface area contributed by atoms with Crippen molar-refractivity contribution in [2.24, 2.45) is 0 Å². The van der Waals surface area contributed by atoms with Gasteiger partial charge in [-0.2, -0.15) is 26.3 Å². The predicted octanol–water partition coefficient (Wildman–Crippen LogP) is 6.04. The van der Waals surface area contributed by atoms with E-state index in [0.717, 1.165) is 24.3 Å². The molecular weight excluding hydrogens is 578 g/mol. The molecule has 0 radical (unpaired) electrons. The molecule has 2 aromatic rings. The van der Waals surface area contributed by atoms with Gasteiger partial charge in [-0.05, 0) is 64.1 Å². The number of alkyl halides is 6. The van der Waals surface area contributed by atoms with Crippen molar-refractivity contribution in [2.75, 3.05) is 43.1 Å². The van der Waals surface area contributed by atoms with Crippen LogP contribution in [0.25, 0.3) is 6.08 Å². The highest BCUT2D eigenvalue weighted by atomic mass is 32.2. The lowest BCUT2D eigenvalue weighted by Crippen LogP contribution is -2.39. The van der Waals surface area contributed by atoms with Crippen LogP contribution in [0.5, 0.6) is 0 Å². The molecule has 2 saturated heterocycles. The van der Waals surface area contributed by atoms with E-state index < -0.39 is 49.4 Å². The number of carbonyl (C=O) groups excluding carboxylic acids is 1. The van der Waals surface area contributed by atoms with Crippen LogP contribution in [0.4, 0.5) is 32.0 Å². The molecule has 0 spiro atoms. The third-order valence-electron chi connectivity index (χ3n) is 6.60. The Hall–Kier alpha value is -2.64. The Balaban J connectivity index is 1.63. The fourth-order valence-electron chi connectivity index (χ4n) is 4.58. The number of ether oxygens (including phenoxy) is 1. The zero-order valence-corrected chi connectivity index (χ0v) is 22.9. The van der Waals surface area contributed by atoms with Gasteiger partial charge in [0.25, 0.3) is 0 Å². The lowest BCUT2D eigenvalue weighted by Gasteiger charge is -2.26. The summed E-state index contributed by atoms with van der Waals surface area (Å²) in [4.78, 5) is 13.4. The molecule has 1 N–H and O–H groups in total. The van der Waals surface area contributed by atoms with Crippen molar-refractivity contribution < 1.29 is 40.1 Å². The average Bonchev–Trinajstić information content (AvgIpc) is 2.88. The van der Waals surface area contributed by atoms with Crippen molar-refractivity contribution in [1.29, 1.82) is 0 Å². The molecule has 2 fully saturated rings. The number of anilines is 1. The van der Waals surface area contributed by atoms with Crippen molar-refractivity contribution in [1.82, 2.24) is 4.90 Å². The lowest BCUT2D eigenvalue weighted by atomic mass is 9.99. The van der Waals surface area contributed by atoms with Gasteiger partial charge in [0.05, 0.1) is 24.3 Å². The van der Waals surface area contributed by atoms with Gasteiger partial charge in [-0.1, -0.05) is 23.9 Å². The van der Waals surface area contributed by atoms with Crippen LogP contribution in [0, 0.1) is 0 Å². The molecule has 0 aromatic heterocycles. The van der Waals surface area contributed by atoms with Crippen LogP contribution in [0.15, 0.2) is 52.3 Å². The van der Waals surface area contributed by atoms with Crippen LogP contribution in [0.2, 0.25) is 0 Å². The molecule has 1 amide bonds. The molecule has 0 unspecified atom stereocenters. The molecule has 4 rings (SSSR count). The van der Waals surface area contributed by atoms with Gasteiger partial charge in [0.15, 0.2) is 0 Å². The molecule has 40 heavy (non-hydrogen) atoms. The molecule has 218 valence electrons. The van der Waals surface area contributed by atoms with Gasteiger partial charge in [0.1, 0.15) is 0 Å². The summed E-state index contributed by atoms with van der Waals surface area (Å²) in [6.07, 6.45) is -7.77. The molecule has 2 aliphatic rings. The van der Waals surface area contributed by atoms with E-state index in [0.29, 0.717) is 46.7 Å². The minimum atomic E-state index is -5.33. The van der Waals surface area contributed by atoms with Gasteiger partial charge in [0.2, 0.25) is 5.91 Å². The molecule has 2 aromatic carbocycles. The van der Waals surface area contributed by atoms with Gasteiger partial charge in [0, 0.05) is 52.2 Å². The second-order valence-electron chi connectivity index (χ2n) is 9.59. The number of halogens is 6. The number of rotatable bonds is 6. The number of amides is 1. The van der Waals surface area contributed by atoms with E-state index in [-0.39, 0.29) is 32.3 Å². The highest BCUT2D eigenvalue weighted by Gasteiger charge is 2.46. The molecule has 0 bridgehead atoms. The summed E-state index contributed by atoms with van der Waals surface area (Å²) in [6, 6.07) is 8.35. The zero-order chi connectivity index (χ0) is 29.1. The molecule has 0 aliphatic carbocycles. The van der Waals surface area contributed by atoms with Crippen LogP contribution >= 0.6 is 11.8 Å². The number of hydrogen-bond acceptors (Lipinski definition) is 5. The number of nitrogens with zero attached hydrogens (tertiary/aromatic N) is 1. The maximum Gasteiger partial charge on any atom is 0.418 e. The first-order valence-electron chi connectivity index (χ1n) is 12.5. The van der Waals surface area contributed by atoms with Gasteiger partial charge in [-0.15, -0.1) is 0 Å². The summed E-state index contributed by atoms with van der Waals surface area (Å²) in [5.74, 6) is 4.05. The maximum absolute atomic E-state index is 14.2. The van der Waals surface area contributed by atoms with Crippen LogP contribution in [-0.2, 0) is 31.4 Å². The Kier molecular flexibility index (Phi) is 9.15. The first kappa shape index (κ1) is 30.3. The quantitative estimate of drug-likeness (QED) is 0.247. The summed E-state index contributed by atoms with van der Waals surface area (Å²) < 4.78 is 102. The Morgan fingerprint density at radius 1 is 1.02 bits per heavy atom. The van der Waals surface area contributed by atoms with Crippen molar-refractivity contribution in [2.45, 2.75) is 41.0 Å². The third-order valence-corrected chi connectivity index (χ3v) is 9.61. The van der Waals surface area contributed by atoms with Crippen molar-refractivity contribution in [3.05, 3.63) is 59.2 Å². The third kappa shape index (κ3) is 7.76. The number of carbonyl (C=O) groups is 1. The molecule has 0 saturated carbocycles. The van der Waals surface area contributed by atoms with E-state index in [4.69, 9.17) is 4.74 Å². The van der Waals surface area contributed by atoms with E-state index in [1.54, 1.807) is 18.2 Å². The Morgan fingerprint density at radius 2 is 1.68 bits per heavy atom. The Morgan fingerprint density at radius 3 is 2.30 bits per heavy atom. The zero-order valence-electron chi connectivity index (χ0n) is 21.3. The van der Waals surface area contributed by atoms with E-state index >= 15 is 0 Å². The minimum Gasteiger partial charge on any atom is -0.382 e. The van der Waals surface area contributed by atoms with E-state index in [9.17, 15) is 35.3 Å². The summed E-state index contributed by atoms with van der Waals surface area (Å²) in [5, 5.41) is 3.27. The van der Waals surface area contributed by atoms with E-state index in [2.05, 4.69) is 11.2 Å². The van der Waals surface area contributed by atoms with Crippen LogP contribution < -0.4 is 5.32 Å². The monoisotopic (exact) mass is 606 g/mol. The normalized spacial score (nSPS) is 22.4. The van der Waals surface area contributed by atoms with Gasteiger partial charge < -0.3 is 15.0 Å². The Bertz CT molecular complexity index is 1350. The highest BCUT2D eigenvalue weighted by molar-refractivity contribution is 8.00. The van der Waals surface area contributed by atoms with Crippen molar-refractivity contribution >= 4 is 44.8 Å². The smallest absolute Gasteiger partial charge is 0.382 e. The molecule has 2 aliphatic heterocycles. The molecule has 2 heterocycles. The van der Waals surface area contributed by atoms with Gasteiger partial charge >= 0.3 is 12.4 Å². The number of morpholine rings is 1. The van der Waals surface area contributed by atoms with Crippen LogP contribution in [0.1, 0.15) is 29.5 Å². The first-order valence-corrected chi connectivity index (χ1v) is 15.3. The number of benzene rings is 2. The van der Waals surface area contributed by atoms with Crippen molar-refractivity contribution in [3.63, 3.8) is 0 Å². The summed E-state index contributed by atoms with van der Waals surface area (Å²) in [5.41, 5.74) is -3.80. The maximum atomic E-state index is 14.2. The van der Waals surface area contributed by atoms with Crippen LogP contribution in [-0.4, -0.2) is 64.7 Å².